The van der Waals surface area contributed by atoms with E-state index >= 15 is 0 Å². The number of nitrogens with zero attached hydrogens (tertiary/aromatic N) is 2. The molecule has 0 saturated heterocycles. The largest absolute Gasteiger partial charge is 0.486 e. The highest BCUT2D eigenvalue weighted by molar-refractivity contribution is 5.77. The van der Waals surface area contributed by atoms with Gasteiger partial charge in [-0.3, -0.25) is 10.1 Å². The lowest BCUT2D eigenvalue weighted by atomic mass is 10.2. The van der Waals surface area contributed by atoms with E-state index in [1.165, 1.54) is 12.1 Å². The van der Waals surface area contributed by atoms with E-state index in [0.717, 1.165) is 11.3 Å². The molecule has 1 aromatic heterocycles. The summed E-state index contributed by atoms with van der Waals surface area (Å²) >= 11 is 0. The Labute approximate surface area is 120 Å². The predicted octanol–water partition coefficient (Wildman–Crippen LogP) is 3.36. The molecule has 3 aromatic rings. The monoisotopic (exact) mass is 283 g/mol. The van der Waals surface area contributed by atoms with Crippen LogP contribution in [0.15, 0.2) is 42.5 Å². The quantitative estimate of drug-likeness (QED) is 0.588. The minimum absolute atomic E-state index is 0.0392. The van der Waals surface area contributed by atoms with Gasteiger partial charge in [0.15, 0.2) is 0 Å². The average Bonchev–Trinajstić information content (AvgIpc) is 2.87. The summed E-state index contributed by atoms with van der Waals surface area (Å²) in [6.45, 7) is 2.28. The number of hydrogen-bond donors (Lipinski definition) is 1. The average molecular weight is 283 g/mol. The van der Waals surface area contributed by atoms with Crippen molar-refractivity contribution in [2.75, 3.05) is 0 Å². The maximum absolute atomic E-state index is 10.7. The van der Waals surface area contributed by atoms with Gasteiger partial charge in [0.25, 0.3) is 5.69 Å². The van der Waals surface area contributed by atoms with Crippen LogP contribution in [0.3, 0.4) is 0 Å². The van der Waals surface area contributed by atoms with Crippen LogP contribution in [0.25, 0.3) is 11.0 Å². The third-order valence-electron chi connectivity index (χ3n) is 3.09. The van der Waals surface area contributed by atoms with E-state index in [1.807, 2.05) is 31.2 Å². The zero-order valence-electron chi connectivity index (χ0n) is 11.4. The molecule has 1 N–H and O–H groups in total. The summed E-state index contributed by atoms with van der Waals surface area (Å²) in [5.41, 5.74) is 2.47. The van der Waals surface area contributed by atoms with Gasteiger partial charge in [0.05, 0.1) is 16.0 Å². The Kier molecular flexibility index (Phi) is 3.27. The van der Waals surface area contributed by atoms with E-state index in [-0.39, 0.29) is 12.3 Å². The zero-order chi connectivity index (χ0) is 14.8. The maximum atomic E-state index is 10.7. The highest BCUT2D eigenvalue weighted by Crippen LogP contribution is 2.20. The van der Waals surface area contributed by atoms with Crippen LogP contribution in [0.2, 0.25) is 0 Å². The molecule has 6 nitrogen and oxygen atoms in total. The zero-order valence-corrected chi connectivity index (χ0v) is 11.4. The molecule has 21 heavy (non-hydrogen) atoms. The molecule has 0 aliphatic rings. The van der Waals surface area contributed by atoms with E-state index in [2.05, 4.69) is 9.97 Å². The third kappa shape index (κ3) is 2.84. The van der Waals surface area contributed by atoms with Crippen LogP contribution in [0, 0.1) is 17.0 Å². The minimum atomic E-state index is -0.427. The predicted molar refractivity (Wildman–Crippen MR) is 78.3 cm³/mol. The second-order valence-electron chi connectivity index (χ2n) is 4.75. The van der Waals surface area contributed by atoms with Gasteiger partial charge in [0, 0.05) is 12.1 Å². The Balaban J connectivity index is 1.80. The van der Waals surface area contributed by atoms with Crippen LogP contribution in [0.4, 0.5) is 5.69 Å². The Morgan fingerprint density at radius 3 is 2.90 bits per heavy atom. The number of non-ortho nitro benzene ring substituents is 1. The Hall–Kier alpha value is -2.89. The summed E-state index contributed by atoms with van der Waals surface area (Å²) in [5.74, 6) is 1.40. The molecule has 2 aromatic carbocycles. The van der Waals surface area contributed by atoms with Gasteiger partial charge in [-0.25, -0.2) is 4.98 Å². The lowest BCUT2D eigenvalue weighted by Crippen LogP contribution is -1.97. The standard InChI is InChI=1S/C15H13N3O3/c1-10-3-2-4-12(7-10)21-9-15-16-13-6-5-11(18(19)20)8-14(13)17-15/h2-8H,9H2,1H3,(H,16,17). The summed E-state index contributed by atoms with van der Waals surface area (Å²) < 4.78 is 5.65. The first-order valence-corrected chi connectivity index (χ1v) is 6.44. The van der Waals surface area contributed by atoms with Crippen molar-refractivity contribution in [1.82, 2.24) is 9.97 Å². The SMILES string of the molecule is Cc1cccc(OCc2nc3ccc([N+](=O)[O-])cc3[nH]2)c1. The Morgan fingerprint density at radius 1 is 1.29 bits per heavy atom. The van der Waals surface area contributed by atoms with E-state index in [0.29, 0.717) is 16.9 Å². The number of aromatic amines is 1. The third-order valence-corrected chi connectivity index (χ3v) is 3.09. The van der Waals surface area contributed by atoms with Crippen LogP contribution < -0.4 is 4.74 Å². The van der Waals surface area contributed by atoms with Crippen LogP contribution in [0.1, 0.15) is 11.4 Å². The van der Waals surface area contributed by atoms with Gasteiger partial charge >= 0.3 is 0 Å². The van der Waals surface area contributed by atoms with Crippen LogP contribution in [0.5, 0.6) is 5.75 Å². The molecule has 0 saturated carbocycles. The normalized spacial score (nSPS) is 10.7. The van der Waals surface area contributed by atoms with Gasteiger partial charge < -0.3 is 9.72 Å². The fourth-order valence-corrected chi connectivity index (χ4v) is 2.09. The number of hydrogen-bond acceptors (Lipinski definition) is 4. The highest BCUT2D eigenvalue weighted by atomic mass is 16.6. The Bertz CT molecular complexity index is 811. The van der Waals surface area contributed by atoms with Gasteiger partial charge in [-0.15, -0.1) is 0 Å². The number of nitro groups is 1. The maximum Gasteiger partial charge on any atom is 0.271 e. The molecule has 0 spiro atoms. The number of aryl methyl sites for hydroxylation is 1. The van der Waals surface area contributed by atoms with Gasteiger partial charge in [0.2, 0.25) is 0 Å². The van der Waals surface area contributed by atoms with Crippen LogP contribution in [-0.2, 0) is 6.61 Å². The molecule has 0 aliphatic carbocycles. The number of rotatable bonds is 4. The van der Waals surface area contributed by atoms with Crippen molar-refractivity contribution >= 4 is 16.7 Å². The van der Waals surface area contributed by atoms with Gasteiger partial charge in [0.1, 0.15) is 18.2 Å². The van der Waals surface area contributed by atoms with Crippen molar-refractivity contribution in [2.24, 2.45) is 0 Å². The smallest absolute Gasteiger partial charge is 0.271 e. The molecule has 0 fully saturated rings. The molecule has 0 amide bonds. The molecule has 0 atom stereocenters. The fourth-order valence-electron chi connectivity index (χ4n) is 2.09. The number of fused-ring (bicyclic) bond motifs is 1. The molecular formula is C15H13N3O3. The number of nitro benzene ring substituents is 1. The first kappa shape index (κ1) is 13.1. The van der Waals surface area contributed by atoms with Crippen LogP contribution >= 0.6 is 0 Å². The number of aromatic nitrogens is 2. The number of nitrogens with one attached hydrogen (secondary N) is 1. The summed E-state index contributed by atoms with van der Waals surface area (Å²) in [6.07, 6.45) is 0. The summed E-state index contributed by atoms with van der Waals surface area (Å²) in [6, 6.07) is 12.3. The Morgan fingerprint density at radius 2 is 2.14 bits per heavy atom. The summed E-state index contributed by atoms with van der Waals surface area (Å²) in [5, 5.41) is 10.7. The lowest BCUT2D eigenvalue weighted by molar-refractivity contribution is -0.384. The molecule has 106 valence electrons. The van der Waals surface area contributed by atoms with Gasteiger partial charge in [-0.1, -0.05) is 12.1 Å². The molecule has 3 rings (SSSR count). The second-order valence-corrected chi connectivity index (χ2v) is 4.75. The van der Waals surface area contributed by atoms with Gasteiger partial charge in [-0.05, 0) is 30.7 Å². The molecule has 1 heterocycles. The van der Waals surface area contributed by atoms with Crippen molar-refractivity contribution in [3.05, 3.63) is 64.0 Å². The van der Waals surface area contributed by atoms with Gasteiger partial charge in [-0.2, -0.15) is 0 Å². The van der Waals surface area contributed by atoms with E-state index in [4.69, 9.17) is 4.74 Å². The minimum Gasteiger partial charge on any atom is -0.486 e. The summed E-state index contributed by atoms with van der Waals surface area (Å²) in [4.78, 5) is 17.7. The van der Waals surface area contributed by atoms with Crippen LogP contribution in [-0.4, -0.2) is 14.9 Å². The number of benzene rings is 2. The summed E-state index contributed by atoms with van der Waals surface area (Å²) in [7, 11) is 0. The molecule has 6 heteroatoms. The number of H-pyrrole nitrogens is 1. The van der Waals surface area contributed by atoms with Crippen molar-refractivity contribution in [2.45, 2.75) is 13.5 Å². The molecule has 0 bridgehead atoms. The van der Waals surface area contributed by atoms with E-state index in [1.54, 1.807) is 6.07 Å². The van der Waals surface area contributed by atoms with E-state index < -0.39 is 4.92 Å². The number of ether oxygens (including phenoxy) is 1. The lowest BCUT2D eigenvalue weighted by Gasteiger charge is -2.04. The molecule has 0 radical (unpaired) electrons. The van der Waals surface area contributed by atoms with Crippen molar-refractivity contribution in [3.8, 4) is 5.75 Å². The molecule has 0 aliphatic heterocycles. The van der Waals surface area contributed by atoms with Crippen molar-refractivity contribution < 1.29 is 9.66 Å². The van der Waals surface area contributed by atoms with E-state index in [9.17, 15) is 10.1 Å². The van der Waals surface area contributed by atoms with Crippen molar-refractivity contribution in [3.63, 3.8) is 0 Å². The topological polar surface area (TPSA) is 81.1 Å². The highest BCUT2D eigenvalue weighted by Gasteiger charge is 2.09. The first-order chi connectivity index (χ1) is 10.1. The molecular weight excluding hydrogens is 270 g/mol. The molecule has 0 unspecified atom stereocenters. The fraction of sp³-hybridized carbons (Fsp3) is 0.133. The second kappa shape index (κ2) is 5.24. The van der Waals surface area contributed by atoms with Crippen molar-refractivity contribution in [1.29, 1.82) is 0 Å². The first-order valence-electron chi connectivity index (χ1n) is 6.44. The number of imidazole rings is 1.